The minimum absolute atomic E-state index is 0.0971. The smallest absolute Gasteiger partial charge is 0.407 e. The number of hydrogen-bond donors (Lipinski definition) is 2. The third-order valence-corrected chi connectivity index (χ3v) is 2.26. The predicted octanol–water partition coefficient (Wildman–Crippen LogP) is 0.699. The van der Waals surface area contributed by atoms with E-state index in [1.165, 1.54) is 0 Å². The van der Waals surface area contributed by atoms with Crippen LogP contribution in [0, 0.1) is 0 Å². The third kappa shape index (κ3) is 2.45. The highest BCUT2D eigenvalue weighted by Crippen LogP contribution is 2.18. The number of carboxylic acid groups (broad SMARTS) is 1. The molecule has 1 rings (SSSR count). The van der Waals surface area contributed by atoms with Crippen LogP contribution in [-0.2, 0) is 0 Å². The van der Waals surface area contributed by atoms with Crippen molar-refractivity contribution in [1.82, 2.24) is 4.90 Å². The van der Waals surface area contributed by atoms with Gasteiger partial charge < -0.3 is 15.1 Å². The second-order valence-corrected chi connectivity index (χ2v) is 3.22. The molecule has 1 amide bonds. The highest BCUT2D eigenvalue weighted by molar-refractivity contribution is 5.65. The van der Waals surface area contributed by atoms with E-state index in [4.69, 9.17) is 16.2 Å². The first-order valence-corrected chi connectivity index (χ1v) is 4.34. The Kier molecular flexibility index (Phi) is 3.78. The van der Waals surface area contributed by atoms with Gasteiger partial charge in [-0.2, -0.15) is 0 Å². The van der Waals surface area contributed by atoms with Crippen molar-refractivity contribution in [3.8, 4) is 0 Å². The van der Waals surface area contributed by atoms with Crippen LogP contribution in [0.15, 0.2) is 10.2 Å². The number of rotatable bonds is 2. The summed E-state index contributed by atoms with van der Waals surface area (Å²) in [4.78, 5) is 16.7. The Labute approximate surface area is 89.3 Å². The summed E-state index contributed by atoms with van der Waals surface area (Å²) in [7, 11) is 0. The number of piperidine rings is 1. The van der Waals surface area contributed by atoms with Crippen molar-refractivity contribution in [3.05, 3.63) is 20.9 Å². The lowest BCUT2D eigenvalue weighted by Crippen LogP contribution is -2.55. The summed E-state index contributed by atoms with van der Waals surface area (Å²) in [5.74, 6) is 0. The molecule has 0 aromatic carbocycles. The van der Waals surface area contributed by atoms with Gasteiger partial charge in [0.1, 0.15) is 0 Å². The zero-order valence-corrected chi connectivity index (χ0v) is 8.08. The maximum absolute atomic E-state index is 10.7. The molecule has 16 heavy (non-hydrogen) atoms. The van der Waals surface area contributed by atoms with Gasteiger partial charge in [-0.25, -0.2) is 4.79 Å². The van der Waals surface area contributed by atoms with E-state index in [-0.39, 0.29) is 13.1 Å². The van der Waals surface area contributed by atoms with E-state index in [0.717, 1.165) is 4.90 Å². The van der Waals surface area contributed by atoms with Crippen LogP contribution in [0.3, 0.4) is 0 Å². The number of nitrogens with zero attached hydrogens (tertiary/aromatic N) is 7. The van der Waals surface area contributed by atoms with E-state index in [9.17, 15) is 9.90 Å². The van der Waals surface area contributed by atoms with E-state index in [0.29, 0.717) is 0 Å². The number of amides is 1. The molecule has 0 aromatic rings. The molecule has 0 aliphatic carbocycles. The minimum atomic E-state index is -1.23. The Bertz CT molecular complexity index is 372. The summed E-state index contributed by atoms with van der Waals surface area (Å²) in [5.41, 5.74) is 16.6. The zero-order chi connectivity index (χ0) is 12.1. The number of aliphatic hydroxyl groups is 1. The van der Waals surface area contributed by atoms with Gasteiger partial charge in [0.15, 0.2) is 0 Å². The summed E-state index contributed by atoms with van der Waals surface area (Å²) in [5, 5.41) is 24.9. The second-order valence-electron chi connectivity index (χ2n) is 3.22. The molecule has 10 nitrogen and oxygen atoms in total. The highest BCUT2D eigenvalue weighted by Gasteiger charge is 2.36. The van der Waals surface area contributed by atoms with Gasteiger partial charge >= 0.3 is 6.09 Å². The number of azide groups is 2. The number of β-amino-alcohol motifs (C(OH)–C–C–N with tert-alkyl or cyclic N) is 1. The van der Waals surface area contributed by atoms with Gasteiger partial charge in [0.2, 0.25) is 0 Å². The molecular weight excluding hydrogens is 218 g/mol. The first-order chi connectivity index (χ1) is 7.60. The van der Waals surface area contributed by atoms with E-state index in [1.54, 1.807) is 0 Å². The van der Waals surface area contributed by atoms with Gasteiger partial charge in [-0.3, -0.25) is 0 Å². The van der Waals surface area contributed by atoms with Crippen LogP contribution in [-0.4, -0.2) is 52.5 Å². The maximum atomic E-state index is 10.7. The first-order valence-electron chi connectivity index (χ1n) is 4.34. The number of carbonyl (C=O) groups is 1. The van der Waals surface area contributed by atoms with Crippen molar-refractivity contribution in [2.45, 2.75) is 18.2 Å². The van der Waals surface area contributed by atoms with Gasteiger partial charge in [0, 0.05) is 16.4 Å². The van der Waals surface area contributed by atoms with Crippen LogP contribution >= 0.6 is 0 Å². The van der Waals surface area contributed by atoms with Crippen LogP contribution in [0.1, 0.15) is 0 Å². The standard InChI is InChI=1S/C6H9N7O3/c7-11-9-3-1-13(6(15)16)2-4(14)5(3)10-12-8/h3-5,14H,1-2H2,(H,15,16)/t3-,4+,5-/m1/s1. The SMILES string of the molecule is [N-]=[N+]=N[C@H]1[C@@H](O)CN(C(=O)O)C[C@H]1N=[N+]=[N-]. The van der Waals surface area contributed by atoms with Crippen molar-refractivity contribution in [1.29, 1.82) is 0 Å². The number of likely N-dealkylation sites (tertiary alicyclic amines) is 1. The third-order valence-electron chi connectivity index (χ3n) is 2.26. The lowest BCUT2D eigenvalue weighted by Gasteiger charge is -2.36. The van der Waals surface area contributed by atoms with E-state index in [1.807, 2.05) is 0 Å². The molecule has 0 aromatic heterocycles. The molecular formula is C6H9N7O3. The van der Waals surface area contributed by atoms with Gasteiger partial charge in [-0.1, -0.05) is 10.2 Å². The van der Waals surface area contributed by atoms with Gasteiger partial charge in [0.25, 0.3) is 0 Å². The topological polar surface area (TPSA) is 158 Å². The van der Waals surface area contributed by atoms with Gasteiger partial charge in [-0.15, -0.1) is 0 Å². The van der Waals surface area contributed by atoms with Crippen molar-refractivity contribution in [2.24, 2.45) is 10.2 Å². The quantitative estimate of drug-likeness (QED) is 0.404. The molecule has 0 saturated carbocycles. The summed E-state index contributed by atoms with van der Waals surface area (Å²) >= 11 is 0. The lowest BCUT2D eigenvalue weighted by atomic mass is 9.98. The van der Waals surface area contributed by atoms with E-state index < -0.39 is 24.3 Å². The van der Waals surface area contributed by atoms with Crippen LogP contribution in [0.5, 0.6) is 0 Å². The average Bonchev–Trinajstić information content (AvgIpc) is 2.23. The normalized spacial score (nSPS) is 28.8. The van der Waals surface area contributed by atoms with E-state index in [2.05, 4.69) is 20.1 Å². The van der Waals surface area contributed by atoms with Gasteiger partial charge in [-0.05, 0) is 11.1 Å². The largest absolute Gasteiger partial charge is 0.465 e. The molecule has 0 bridgehead atoms. The summed E-state index contributed by atoms with van der Waals surface area (Å²) < 4.78 is 0. The van der Waals surface area contributed by atoms with Crippen LogP contribution in [0.25, 0.3) is 20.9 Å². The molecule has 1 aliphatic heterocycles. The molecule has 0 spiro atoms. The molecule has 3 atom stereocenters. The summed E-state index contributed by atoms with van der Waals surface area (Å²) in [6, 6.07) is -1.82. The zero-order valence-electron chi connectivity index (χ0n) is 8.08. The van der Waals surface area contributed by atoms with Crippen LogP contribution in [0.4, 0.5) is 4.79 Å². The molecule has 10 heteroatoms. The molecule has 86 valence electrons. The fourth-order valence-electron chi connectivity index (χ4n) is 1.54. The van der Waals surface area contributed by atoms with Crippen molar-refractivity contribution in [3.63, 3.8) is 0 Å². The average molecular weight is 227 g/mol. The fourth-order valence-corrected chi connectivity index (χ4v) is 1.54. The van der Waals surface area contributed by atoms with Gasteiger partial charge in [0.05, 0.1) is 24.7 Å². The molecule has 0 radical (unpaired) electrons. The Morgan fingerprint density at radius 3 is 2.44 bits per heavy atom. The minimum Gasteiger partial charge on any atom is -0.465 e. The molecule has 1 aliphatic rings. The molecule has 1 saturated heterocycles. The predicted molar refractivity (Wildman–Crippen MR) is 51.5 cm³/mol. The second kappa shape index (κ2) is 5.08. The Balaban J connectivity index is 2.92. The first kappa shape index (κ1) is 11.9. The number of hydrogen-bond acceptors (Lipinski definition) is 4. The Morgan fingerprint density at radius 2 is 1.94 bits per heavy atom. The van der Waals surface area contributed by atoms with Crippen LogP contribution in [0.2, 0.25) is 0 Å². The Morgan fingerprint density at radius 1 is 1.31 bits per heavy atom. The molecule has 1 fully saturated rings. The van der Waals surface area contributed by atoms with E-state index >= 15 is 0 Å². The Hall–Kier alpha value is -2.15. The van der Waals surface area contributed by atoms with Crippen molar-refractivity contribution < 1.29 is 15.0 Å². The summed E-state index contributed by atoms with van der Waals surface area (Å²) in [6.45, 7) is -0.267. The monoisotopic (exact) mass is 227 g/mol. The lowest BCUT2D eigenvalue weighted by molar-refractivity contribution is 0.0432. The highest BCUT2D eigenvalue weighted by atomic mass is 16.4. The van der Waals surface area contributed by atoms with Crippen molar-refractivity contribution >= 4 is 6.09 Å². The molecule has 0 unspecified atom stereocenters. The fraction of sp³-hybridized carbons (Fsp3) is 0.833. The van der Waals surface area contributed by atoms with Crippen molar-refractivity contribution in [2.75, 3.05) is 13.1 Å². The molecule has 1 heterocycles. The molecule has 2 N–H and O–H groups in total. The summed E-state index contributed by atoms with van der Waals surface area (Å²) in [6.07, 6.45) is -2.40. The van der Waals surface area contributed by atoms with Crippen LogP contribution < -0.4 is 0 Å². The maximum Gasteiger partial charge on any atom is 0.407 e. The number of aliphatic hydroxyl groups excluding tert-OH is 1.